The first kappa shape index (κ1) is 20.2. The smallest absolute Gasteiger partial charge is 0.334 e. The maximum atomic E-state index is 13.7. The van der Waals surface area contributed by atoms with Gasteiger partial charge >= 0.3 is 6.18 Å². The Morgan fingerprint density at radius 2 is 2.10 bits per heavy atom. The molecule has 0 N–H and O–H groups in total. The van der Waals surface area contributed by atoms with Crippen LogP contribution in [0.2, 0.25) is 4.34 Å². The highest BCUT2D eigenvalue weighted by Crippen LogP contribution is 2.35. The number of halogens is 4. The zero-order valence-electron chi connectivity index (χ0n) is 15.5. The second-order valence-corrected chi connectivity index (χ2v) is 8.70. The number of nitrogens with zero attached hydrogens (tertiary/aromatic N) is 4. The standard InChI is InChI=1S/C19H18ClF3N4OS/c1-2-11-5-3-4-8-26(11)18(28)13-10-17-24-12(14-6-7-16(20)29-14)9-15(19(21,22)23)27(17)25-13/h6-7,9-11H,2-5,8H2,1H3/t11-/m0/s1. The molecule has 29 heavy (non-hydrogen) atoms. The first-order chi connectivity index (χ1) is 13.8. The van der Waals surface area contributed by atoms with Crippen molar-refractivity contribution in [1.82, 2.24) is 19.5 Å². The fourth-order valence-corrected chi connectivity index (χ4v) is 4.70. The molecule has 1 aliphatic rings. The van der Waals surface area contributed by atoms with Crippen molar-refractivity contribution in [1.29, 1.82) is 0 Å². The maximum absolute atomic E-state index is 13.7. The highest BCUT2D eigenvalue weighted by molar-refractivity contribution is 7.19. The van der Waals surface area contributed by atoms with Crippen molar-refractivity contribution >= 4 is 34.5 Å². The second kappa shape index (κ2) is 7.60. The predicted octanol–water partition coefficient (Wildman–Crippen LogP) is 5.53. The third-order valence-electron chi connectivity index (χ3n) is 5.12. The number of carbonyl (C=O) groups excluding carboxylic acids is 1. The van der Waals surface area contributed by atoms with Gasteiger partial charge in [0.2, 0.25) is 0 Å². The summed E-state index contributed by atoms with van der Waals surface area (Å²) < 4.78 is 42.2. The van der Waals surface area contributed by atoms with E-state index in [1.54, 1.807) is 17.0 Å². The summed E-state index contributed by atoms with van der Waals surface area (Å²) in [4.78, 5) is 19.5. The minimum atomic E-state index is -4.65. The van der Waals surface area contributed by atoms with Gasteiger partial charge < -0.3 is 4.90 Å². The number of likely N-dealkylation sites (tertiary alicyclic amines) is 1. The largest absolute Gasteiger partial charge is 0.433 e. The summed E-state index contributed by atoms with van der Waals surface area (Å²) in [6, 6.07) is 5.57. The molecule has 0 saturated carbocycles. The van der Waals surface area contributed by atoms with E-state index in [2.05, 4.69) is 10.1 Å². The Hall–Kier alpha value is -2.13. The Morgan fingerprint density at radius 1 is 1.31 bits per heavy atom. The quantitative estimate of drug-likeness (QED) is 0.535. The topological polar surface area (TPSA) is 50.5 Å². The number of hydrogen-bond acceptors (Lipinski definition) is 4. The number of aromatic nitrogens is 3. The Bertz CT molecular complexity index is 1060. The van der Waals surface area contributed by atoms with Crippen LogP contribution < -0.4 is 0 Å². The van der Waals surface area contributed by atoms with Crippen molar-refractivity contribution in [2.24, 2.45) is 0 Å². The van der Waals surface area contributed by atoms with Crippen LogP contribution in [0.5, 0.6) is 0 Å². The SMILES string of the molecule is CC[C@H]1CCCCN1C(=O)c1cc2nc(-c3ccc(Cl)s3)cc(C(F)(F)F)n2n1. The third kappa shape index (κ3) is 3.85. The van der Waals surface area contributed by atoms with Crippen LogP contribution in [0, 0.1) is 0 Å². The number of rotatable bonds is 3. The van der Waals surface area contributed by atoms with E-state index in [0.717, 1.165) is 43.1 Å². The van der Waals surface area contributed by atoms with Gasteiger partial charge in [-0.2, -0.15) is 18.3 Å². The van der Waals surface area contributed by atoms with Crippen LogP contribution >= 0.6 is 22.9 Å². The molecule has 3 aromatic rings. The van der Waals surface area contributed by atoms with Crippen LogP contribution in [0.25, 0.3) is 16.2 Å². The molecule has 1 amide bonds. The number of thiophene rings is 1. The lowest BCUT2D eigenvalue weighted by Crippen LogP contribution is -2.43. The van der Waals surface area contributed by atoms with E-state index in [4.69, 9.17) is 11.6 Å². The average Bonchev–Trinajstić information content (AvgIpc) is 3.31. The van der Waals surface area contributed by atoms with E-state index in [-0.39, 0.29) is 29.0 Å². The molecular weight excluding hydrogens is 425 g/mol. The van der Waals surface area contributed by atoms with Gasteiger partial charge in [-0.25, -0.2) is 9.50 Å². The Kier molecular flexibility index (Phi) is 5.29. The molecule has 1 saturated heterocycles. The van der Waals surface area contributed by atoms with Crippen LogP contribution in [0.1, 0.15) is 48.8 Å². The minimum Gasteiger partial charge on any atom is -0.334 e. The van der Waals surface area contributed by atoms with Gasteiger partial charge in [0.1, 0.15) is 0 Å². The first-order valence-electron chi connectivity index (χ1n) is 9.32. The first-order valence-corrected chi connectivity index (χ1v) is 10.5. The lowest BCUT2D eigenvalue weighted by molar-refractivity contribution is -0.142. The van der Waals surface area contributed by atoms with E-state index < -0.39 is 11.9 Å². The molecule has 10 heteroatoms. The molecule has 1 fully saturated rings. The Labute approximate surface area is 174 Å². The predicted molar refractivity (Wildman–Crippen MR) is 105 cm³/mol. The molecule has 0 aromatic carbocycles. The number of hydrogen-bond donors (Lipinski definition) is 0. The van der Waals surface area contributed by atoms with Gasteiger partial charge in [-0.1, -0.05) is 18.5 Å². The number of carbonyl (C=O) groups is 1. The zero-order chi connectivity index (χ0) is 20.8. The fourth-order valence-electron chi connectivity index (χ4n) is 3.70. The highest BCUT2D eigenvalue weighted by Gasteiger charge is 2.36. The molecule has 4 heterocycles. The summed E-state index contributed by atoms with van der Waals surface area (Å²) >= 11 is 7.06. The van der Waals surface area contributed by atoms with Crippen LogP contribution in [-0.2, 0) is 6.18 Å². The number of alkyl halides is 3. The van der Waals surface area contributed by atoms with Gasteiger partial charge in [-0.15, -0.1) is 11.3 Å². The lowest BCUT2D eigenvalue weighted by Gasteiger charge is -2.34. The van der Waals surface area contributed by atoms with Crippen LogP contribution in [-0.4, -0.2) is 38.0 Å². The summed E-state index contributed by atoms with van der Waals surface area (Å²) in [6.45, 7) is 2.59. The molecule has 3 aromatic heterocycles. The summed E-state index contributed by atoms with van der Waals surface area (Å²) in [5.41, 5.74) is -0.880. The van der Waals surface area contributed by atoms with Crippen LogP contribution in [0.3, 0.4) is 0 Å². The fraction of sp³-hybridized carbons (Fsp3) is 0.421. The summed E-state index contributed by atoms with van der Waals surface area (Å²) in [6.07, 6.45) is -1.04. The molecule has 0 spiro atoms. The third-order valence-corrected chi connectivity index (χ3v) is 6.38. The van der Waals surface area contributed by atoms with E-state index in [0.29, 0.717) is 20.3 Å². The van der Waals surface area contributed by atoms with Gasteiger partial charge in [-0.05, 0) is 43.9 Å². The maximum Gasteiger partial charge on any atom is 0.433 e. The molecule has 0 radical (unpaired) electrons. The number of piperidine rings is 1. The van der Waals surface area contributed by atoms with Crippen LogP contribution in [0.4, 0.5) is 13.2 Å². The van der Waals surface area contributed by atoms with Crippen molar-refractivity contribution in [3.63, 3.8) is 0 Å². The van der Waals surface area contributed by atoms with Gasteiger partial charge in [0.15, 0.2) is 17.0 Å². The summed E-state index contributed by atoms with van der Waals surface area (Å²) in [5, 5.41) is 3.98. The van der Waals surface area contributed by atoms with E-state index in [9.17, 15) is 18.0 Å². The van der Waals surface area contributed by atoms with Crippen LogP contribution in [0.15, 0.2) is 24.3 Å². The molecule has 0 aliphatic carbocycles. The molecule has 0 bridgehead atoms. The van der Waals surface area contributed by atoms with Gasteiger partial charge in [-0.3, -0.25) is 4.79 Å². The van der Waals surface area contributed by atoms with Gasteiger partial charge in [0.25, 0.3) is 5.91 Å². The van der Waals surface area contributed by atoms with Gasteiger partial charge in [0.05, 0.1) is 14.9 Å². The minimum absolute atomic E-state index is 0.0206. The number of amides is 1. The summed E-state index contributed by atoms with van der Waals surface area (Å²) in [7, 11) is 0. The molecule has 154 valence electrons. The van der Waals surface area contributed by atoms with Crippen molar-refractivity contribution in [2.75, 3.05) is 6.54 Å². The zero-order valence-corrected chi connectivity index (χ0v) is 17.1. The highest BCUT2D eigenvalue weighted by atomic mass is 35.5. The Balaban J connectivity index is 1.81. The monoisotopic (exact) mass is 442 g/mol. The van der Waals surface area contributed by atoms with E-state index in [1.807, 2.05) is 6.92 Å². The Morgan fingerprint density at radius 3 is 2.76 bits per heavy atom. The molecule has 0 unspecified atom stereocenters. The van der Waals surface area contributed by atoms with Crippen molar-refractivity contribution < 1.29 is 18.0 Å². The average molecular weight is 443 g/mol. The molecule has 5 nitrogen and oxygen atoms in total. The molecular formula is C19H18ClF3N4OS. The molecule has 1 atom stereocenters. The van der Waals surface area contributed by atoms with Crippen molar-refractivity contribution in [2.45, 2.75) is 44.8 Å². The van der Waals surface area contributed by atoms with Crippen molar-refractivity contribution in [3.05, 3.63) is 40.0 Å². The summed E-state index contributed by atoms with van der Waals surface area (Å²) in [5.74, 6) is -0.351. The molecule has 4 rings (SSSR count). The lowest BCUT2D eigenvalue weighted by atomic mass is 9.99. The number of fused-ring (bicyclic) bond motifs is 1. The molecule has 1 aliphatic heterocycles. The van der Waals surface area contributed by atoms with Crippen molar-refractivity contribution in [3.8, 4) is 10.6 Å². The van der Waals surface area contributed by atoms with E-state index >= 15 is 0 Å². The van der Waals surface area contributed by atoms with Gasteiger partial charge in [0, 0.05) is 18.7 Å². The second-order valence-electron chi connectivity index (χ2n) is 6.98. The normalized spacial score (nSPS) is 17.8. The van der Waals surface area contributed by atoms with E-state index in [1.165, 1.54) is 6.07 Å².